The Bertz CT molecular complexity index is 859. The number of carbonyl (C=O) groups is 2. The van der Waals surface area contributed by atoms with Crippen molar-refractivity contribution in [3.05, 3.63) is 64.4 Å². The minimum atomic E-state index is -0.640. The lowest BCUT2D eigenvalue weighted by molar-refractivity contribution is -0.138. The van der Waals surface area contributed by atoms with Crippen molar-refractivity contribution in [1.82, 2.24) is 10.2 Å². The van der Waals surface area contributed by atoms with Crippen LogP contribution in [0, 0.1) is 5.82 Å². The number of nitrogens with one attached hydrogen (secondary N) is 1. The van der Waals surface area contributed by atoms with Crippen LogP contribution in [0.2, 0.25) is 5.02 Å². The Hall–Kier alpha value is -2.25. The van der Waals surface area contributed by atoms with E-state index in [1.807, 2.05) is 31.2 Å². The first kappa shape index (κ1) is 25.0. The zero-order valence-corrected chi connectivity index (χ0v) is 19.6. The predicted molar refractivity (Wildman–Crippen MR) is 124 cm³/mol. The highest BCUT2D eigenvalue weighted by molar-refractivity contribution is 7.99. The summed E-state index contributed by atoms with van der Waals surface area (Å²) in [7, 11) is 1.59. The molecule has 168 valence electrons. The number of amides is 2. The van der Waals surface area contributed by atoms with Gasteiger partial charge >= 0.3 is 0 Å². The standard InChI is InChI=1S/C23H28ClFN2O3S/c1-4-12-26-23(29)16(2)27(13-17-8-10-18(30-3)11-9-17)22(28)15-31-14-19-20(24)6-5-7-21(19)25/h5-11,16H,4,12-15H2,1-3H3,(H,26,29)/t16-/m1/s1. The fourth-order valence-electron chi connectivity index (χ4n) is 2.90. The summed E-state index contributed by atoms with van der Waals surface area (Å²) in [6.07, 6.45) is 0.810. The summed E-state index contributed by atoms with van der Waals surface area (Å²) in [6, 6.07) is 11.2. The second-order valence-electron chi connectivity index (χ2n) is 7.03. The van der Waals surface area contributed by atoms with Gasteiger partial charge in [-0.15, -0.1) is 11.8 Å². The molecule has 0 fully saturated rings. The highest BCUT2D eigenvalue weighted by atomic mass is 35.5. The molecule has 0 spiro atoms. The number of rotatable bonds is 11. The van der Waals surface area contributed by atoms with Crippen molar-refractivity contribution in [3.63, 3.8) is 0 Å². The van der Waals surface area contributed by atoms with Crippen LogP contribution in [0.15, 0.2) is 42.5 Å². The van der Waals surface area contributed by atoms with Crippen molar-refractivity contribution in [3.8, 4) is 5.75 Å². The number of thioether (sulfide) groups is 1. The molecule has 0 heterocycles. The first-order valence-corrected chi connectivity index (χ1v) is 11.6. The topological polar surface area (TPSA) is 58.6 Å². The lowest BCUT2D eigenvalue weighted by atomic mass is 10.1. The third kappa shape index (κ3) is 7.43. The highest BCUT2D eigenvalue weighted by Gasteiger charge is 2.26. The summed E-state index contributed by atoms with van der Waals surface area (Å²) in [5.74, 6) is 0.289. The molecule has 8 heteroatoms. The van der Waals surface area contributed by atoms with Gasteiger partial charge in [0.1, 0.15) is 17.6 Å². The minimum Gasteiger partial charge on any atom is -0.497 e. The lowest BCUT2D eigenvalue weighted by Crippen LogP contribution is -2.48. The molecule has 2 amide bonds. The van der Waals surface area contributed by atoms with Crippen molar-refractivity contribution >= 4 is 35.2 Å². The molecular weight excluding hydrogens is 439 g/mol. The highest BCUT2D eigenvalue weighted by Crippen LogP contribution is 2.24. The second-order valence-corrected chi connectivity index (χ2v) is 8.42. The van der Waals surface area contributed by atoms with E-state index in [9.17, 15) is 14.0 Å². The van der Waals surface area contributed by atoms with E-state index in [4.69, 9.17) is 16.3 Å². The molecule has 1 atom stereocenters. The van der Waals surface area contributed by atoms with Gasteiger partial charge in [0.2, 0.25) is 11.8 Å². The van der Waals surface area contributed by atoms with E-state index < -0.39 is 11.9 Å². The molecule has 2 aromatic carbocycles. The van der Waals surface area contributed by atoms with Crippen molar-refractivity contribution in [1.29, 1.82) is 0 Å². The molecule has 0 unspecified atom stereocenters. The first-order chi connectivity index (χ1) is 14.9. The van der Waals surface area contributed by atoms with E-state index in [-0.39, 0.29) is 29.9 Å². The van der Waals surface area contributed by atoms with Gasteiger partial charge < -0.3 is 15.0 Å². The molecule has 0 saturated heterocycles. The van der Waals surface area contributed by atoms with E-state index in [0.29, 0.717) is 22.9 Å². The number of methoxy groups -OCH3 is 1. The number of ether oxygens (including phenoxy) is 1. The summed E-state index contributed by atoms with van der Waals surface area (Å²) in [5, 5.41) is 3.18. The number of nitrogens with zero attached hydrogens (tertiary/aromatic N) is 1. The molecule has 0 saturated carbocycles. The monoisotopic (exact) mass is 466 g/mol. The second kappa shape index (κ2) is 12.6. The van der Waals surface area contributed by atoms with Gasteiger partial charge in [0.05, 0.1) is 12.9 Å². The maximum absolute atomic E-state index is 14.0. The molecule has 2 aromatic rings. The Morgan fingerprint density at radius 2 is 1.94 bits per heavy atom. The SMILES string of the molecule is CCCNC(=O)[C@@H](C)N(Cc1ccc(OC)cc1)C(=O)CSCc1c(F)cccc1Cl. The fourth-order valence-corrected chi connectivity index (χ4v) is 4.15. The van der Waals surface area contributed by atoms with Crippen LogP contribution in [0.1, 0.15) is 31.4 Å². The molecule has 0 radical (unpaired) electrons. The van der Waals surface area contributed by atoms with Gasteiger partial charge in [-0.2, -0.15) is 0 Å². The molecule has 0 aliphatic heterocycles. The summed E-state index contributed by atoms with van der Waals surface area (Å²) >= 11 is 7.34. The van der Waals surface area contributed by atoms with Crippen molar-refractivity contribution in [2.75, 3.05) is 19.4 Å². The normalized spacial score (nSPS) is 11.6. The number of halogens is 2. The average molecular weight is 467 g/mol. The molecule has 31 heavy (non-hydrogen) atoms. The van der Waals surface area contributed by atoms with Crippen molar-refractivity contribution in [2.45, 2.75) is 38.6 Å². The van der Waals surface area contributed by atoms with Crippen molar-refractivity contribution < 1.29 is 18.7 Å². The van der Waals surface area contributed by atoms with E-state index in [1.54, 1.807) is 31.1 Å². The van der Waals surface area contributed by atoms with Crippen LogP contribution in [0.4, 0.5) is 4.39 Å². The zero-order valence-electron chi connectivity index (χ0n) is 18.0. The molecular formula is C23H28ClFN2O3S. The molecule has 0 bridgehead atoms. The first-order valence-electron chi connectivity index (χ1n) is 10.1. The average Bonchev–Trinajstić information content (AvgIpc) is 2.77. The number of carbonyl (C=O) groups excluding carboxylic acids is 2. The number of hydrogen-bond acceptors (Lipinski definition) is 4. The molecule has 0 aliphatic rings. The van der Waals surface area contributed by atoms with Gasteiger partial charge in [-0.1, -0.05) is 36.7 Å². The van der Waals surface area contributed by atoms with Gasteiger partial charge in [0.15, 0.2) is 0 Å². The van der Waals surface area contributed by atoms with Gasteiger partial charge in [0, 0.05) is 29.4 Å². The lowest BCUT2D eigenvalue weighted by Gasteiger charge is -2.29. The summed E-state index contributed by atoms with van der Waals surface area (Å²) in [5.41, 5.74) is 1.25. The quantitative estimate of drug-likeness (QED) is 0.523. The van der Waals surface area contributed by atoms with Crippen molar-refractivity contribution in [2.24, 2.45) is 0 Å². The van der Waals surface area contributed by atoms with Crippen LogP contribution in [0.5, 0.6) is 5.75 Å². The van der Waals surface area contributed by atoms with Crippen LogP contribution in [-0.2, 0) is 21.9 Å². The van der Waals surface area contributed by atoms with Crippen LogP contribution in [-0.4, -0.2) is 42.2 Å². The van der Waals surface area contributed by atoms with Crippen LogP contribution in [0.25, 0.3) is 0 Å². The van der Waals surface area contributed by atoms with Gasteiger partial charge in [0.25, 0.3) is 0 Å². The molecule has 1 N–H and O–H groups in total. The smallest absolute Gasteiger partial charge is 0.242 e. The zero-order chi connectivity index (χ0) is 22.8. The molecule has 0 aliphatic carbocycles. The Morgan fingerprint density at radius 3 is 2.55 bits per heavy atom. The summed E-state index contributed by atoms with van der Waals surface area (Å²) in [4.78, 5) is 27.1. The number of hydrogen-bond donors (Lipinski definition) is 1. The van der Waals surface area contributed by atoms with Gasteiger partial charge in [-0.05, 0) is 43.2 Å². The van der Waals surface area contributed by atoms with E-state index in [0.717, 1.165) is 12.0 Å². The van der Waals surface area contributed by atoms with E-state index >= 15 is 0 Å². The third-order valence-corrected chi connectivity index (χ3v) is 6.06. The maximum Gasteiger partial charge on any atom is 0.242 e. The van der Waals surface area contributed by atoms with Crippen LogP contribution in [0.3, 0.4) is 0 Å². The third-order valence-electron chi connectivity index (χ3n) is 4.76. The van der Waals surface area contributed by atoms with Crippen LogP contribution >= 0.6 is 23.4 Å². The predicted octanol–water partition coefficient (Wildman–Crippen LogP) is 4.66. The largest absolute Gasteiger partial charge is 0.497 e. The Kier molecular flexibility index (Phi) is 10.1. The van der Waals surface area contributed by atoms with Gasteiger partial charge in [-0.3, -0.25) is 9.59 Å². The summed E-state index contributed by atoms with van der Waals surface area (Å²) < 4.78 is 19.2. The maximum atomic E-state index is 14.0. The Morgan fingerprint density at radius 1 is 1.23 bits per heavy atom. The van der Waals surface area contributed by atoms with Gasteiger partial charge in [-0.25, -0.2) is 4.39 Å². The minimum absolute atomic E-state index is 0.103. The van der Waals surface area contributed by atoms with Crippen LogP contribution < -0.4 is 10.1 Å². The fraction of sp³-hybridized carbons (Fsp3) is 0.391. The molecule has 2 rings (SSSR count). The molecule has 5 nitrogen and oxygen atoms in total. The van der Waals surface area contributed by atoms with E-state index in [2.05, 4.69) is 5.32 Å². The summed E-state index contributed by atoms with van der Waals surface area (Å²) in [6.45, 7) is 4.51. The Labute approximate surface area is 192 Å². The number of benzene rings is 2. The molecule has 0 aromatic heterocycles. The Balaban J connectivity index is 2.09. The van der Waals surface area contributed by atoms with E-state index in [1.165, 1.54) is 17.8 Å².